The van der Waals surface area contributed by atoms with Crippen LogP contribution in [0.1, 0.15) is 36.0 Å². The first-order valence-electron chi connectivity index (χ1n) is 7.03. The molecule has 4 heteroatoms. The van der Waals surface area contributed by atoms with E-state index in [9.17, 15) is 4.79 Å². The highest BCUT2D eigenvalue weighted by Gasteiger charge is 2.39. The molecule has 1 aromatic rings. The lowest BCUT2D eigenvalue weighted by Gasteiger charge is -2.40. The Balaban J connectivity index is 2.16. The third-order valence-electron chi connectivity index (χ3n) is 4.39. The summed E-state index contributed by atoms with van der Waals surface area (Å²) in [4.78, 5) is 10.6. The predicted molar refractivity (Wildman–Crippen MR) is 79.4 cm³/mol. The maximum absolute atomic E-state index is 10.6. The maximum Gasteiger partial charge on any atom is 0.293 e. The van der Waals surface area contributed by atoms with Crippen molar-refractivity contribution >= 4 is 12.2 Å². The van der Waals surface area contributed by atoms with Gasteiger partial charge in [0.15, 0.2) is 0 Å². The van der Waals surface area contributed by atoms with Gasteiger partial charge in [-0.05, 0) is 62.8 Å². The van der Waals surface area contributed by atoms with Gasteiger partial charge in [-0.3, -0.25) is 4.79 Å². The van der Waals surface area contributed by atoms with E-state index in [1.165, 1.54) is 5.56 Å². The summed E-state index contributed by atoms with van der Waals surface area (Å²) in [7, 11) is 1.70. The van der Waals surface area contributed by atoms with E-state index in [1.807, 2.05) is 6.92 Å². The third kappa shape index (κ3) is 2.60. The minimum atomic E-state index is -0.310. The molecule has 0 saturated heterocycles. The van der Waals surface area contributed by atoms with E-state index in [0.717, 1.165) is 41.8 Å². The zero-order valence-corrected chi connectivity index (χ0v) is 12.7. The number of anilines is 1. The fourth-order valence-electron chi connectivity index (χ4n) is 2.82. The minimum absolute atomic E-state index is 0.310. The molecule has 0 amide bonds. The Morgan fingerprint density at radius 2 is 2.00 bits per heavy atom. The summed E-state index contributed by atoms with van der Waals surface area (Å²) in [6.45, 7) is 7.41. The van der Waals surface area contributed by atoms with Crippen LogP contribution in [-0.4, -0.2) is 25.7 Å². The van der Waals surface area contributed by atoms with Crippen molar-refractivity contribution in [1.82, 2.24) is 0 Å². The second-order valence-corrected chi connectivity index (χ2v) is 5.63. The van der Waals surface area contributed by atoms with Crippen LogP contribution in [-0.2, 0) is 9.53 Å². The summed E-state index contributed by atoms with van der Waals surface area (Å²) < 4.78 is 10.7. The number of ether oxygens (including phenoxy) is 2. The maximum atomic E-state index is 10.6. The van der Waals surface area contributed by atoms with Crippen LogP contribution in [0.25, 0.3) is 0 Å². The Labute approximate surface area is 120 Å². The van der Waals surface area contributed by atoms with Gasteiger partial charge < -0.3 is 14.8 Å². The van der Waals surface area contributed by atoms with Crippen molar-refractivity contribution in [2.75, 3.05) is 19.0 Å². The highest BCUT2D eigenvalue weighted by molar-refractivity contribution is 5.61. The molecule has 0 radical (unpaired) electrons. The summed E-state index contributed by atoms with van der Waals surface area (Å²) >= 11 is 0. The van der Waals surface area contributed by atoms with Crippen LogP contribution < -0.4 is 10.1 Å². The van der Waals surface area contributed by atoms with E-state index in [1.54, 1.807) is 7.11 Å². The number of carbonyl (C=O) groups is 1. The zero-order valence-electron chi connectivity index (χ0n) is 12.7. The van der Waals surface area contributed by atoms with E-state index >= 15 is 0 Å². The average molecular weight is 277 g/mol. The topological polar surface area (TPSA) is 47.6 Å². The van der Waals surface area contributed by atoms with E-state index in [4.69, 9.17) is 9.47 Å². The van der Waals surface area contributed by atoms with Crippen molar-refractivity contribution in [3.05, 3.63) is 22.8 Å². The molecule has 110 valence electrons. The van der Waals surface area contributed by atoms with Gasteiger partial charge in [0.2, 0.25) is 0 Å². The van der Waals surface area contributed by atoms with Crippen LogP contribution in [0.2, 0.25) is 0 Å². The van der Waals surface area contributed by atoms with Crippen LogP contribution in [0.5, 0.6) is 5.75 Å². The van der Waals surface area contributed by atoms with Crippen LogP contribution in [0.3, 0.4) is 0 Å². The van der Waals surface area contributed by atoms with Crippen molar-refractivity contribution in [2.45, 2.75) is 45.6 Å². The summed E-state index contributed by atoms with van der Waals surface area (Å²) in [6, 6.07) is 2.09. The average Bonchev–Trinajstić information content (AvgIpc) is 2.38. The van der Waals surface area contributed by atoms with Gasteiger partial charge in [0.05, 0.1) is 13.7 Å². The quantitative estimate of drug-likeness (QED) is 0.812. The van der Waals surface area contributed by atoms with Gasteiger partial charge in [-0.15, -0.1) is 0 Å². The fraction of sp³-hybridized carbons (Fsp3) is 0.562. The van der Waals surface area contributed by atoms with E-state index in [0.29, 0.717) is 13.0 Å². The second-order valence-electron chi connectivity index (χ2n) is 5.63. The Morgan fingerprint density at radius 3 is 2.50 bits per heavy atom. The number of carbonyl (C=O) groups excluding carboxylic acids is 1. The van der Waals surface area contributed by atoms with Crippen LogP contribution >= 0.6 is 0 Å². The van der Waals surface area contributed by atoms with Gasteiger partial charge in [-0.25, -0.2) is 0 Å². The predicted octanol–water partition coefficient (Wildman–Crippen LogP) is 3.13. The first-order valence-corrected chi connectivity index (χ1v) is 7.03. The van der Waals surface area contributed by atoms with E-state index in [-0.39, 0.29) is 5.60 Å². The lowest BCUT2D eigenvalue weighted by molar-refractivity contribution is -0.150. The Bertz CT molecular complexity index is 507. The summed E-state index contributed by atoms with van der Waals surface area (Å²) in [5, 5.41) is 3.43. The number of nitrogens with one attached hydrogen (secondary N) is 1. The Morgan fingerprint density at radius 1 is 1.30 bits per heavy atom. The molecule has 0 aromatic heterocycles. The number of hydrogen-bond acceptors (Lipinski definition) is 4. The van der Waals surface area contributed by atoms with Crippen molar-refractivity contribution in [1.29, 1.82) is 0 Å². The molecule has 2 rings (SSSR count). The van der Waals surface area contributed by atoms with Crippen LogP contribution in [0, 0.1) is 20.8 Å². The second kappa shape index (κ2) is 5.73. The molecule has 0 spiro atoms. The van der Waals surface area contributed by atoms with E-state index < -0.39 is 0 Å². The van der Waals surface area contributed by atoms with Gasteiger partial charge in [-0.1, -0.05) is 0 Å². The highest BCUT2D eigenvalue weighted by Crippen LogP contribution is 2.37. The van der Waals surface area contributed by atoms with Gasteiger partial charge in [0.25, 0.3) is 6.47 Å². The molecule has 20 heavy (non-hydrogen) atoms. The molecule has 1 aliphatic carbocycles. The Hall–Kier alpha value is -1.71. The normalized spacial score (nSPS) is 16.2. The smallest absolute Gasteiger partial charge is 0.293 e. The largest absolute Gasteiger partial charge is 0.496 e. The summed E-state index contributed by atoms with van der Waals surface area (Å²) in [6.07, 6.45) is 2.99. The molecule has 1 aliphatic rings. The van der Waals surface area contributed by atoms with E-state index in [2.05, 4.69) is 25.2 Å². The summed E-state index contributed by atoms with van der Waals surface area (Å²) in [5.74, 6) is 0.940. The molecule has 0 aliphatic heterocycles. The first kappa shape index (κ1) is 14.7. The molecule has 1 fully saturated rings. The van der Waals surface area contributed by atoms with Crippen molar-refractivity contribution in [2.24, 2.45) is 0 Å². The Kier molecular flexibility index (Phi) is 4.21. The minimum Gasteiger partial charge on any atom is -0.496 e. The molecule has 4 nitrogen and oxygen atoms in total. The van der Waals surface area contributed by atoms with Crippen LogP contribution in [0.4, 0.5) is 5.69 Å². The molecule has 0 bridgehead atoms. The number of hydrogen-bond donors (Lipinski definition) is 1. The number of methoxy groups -OCH3 is 1. The molecule has 1 N–H and O–H groups in total. The highest BCUT2D eigenvalue weighted by atomic mass is 16.5. The lowest BCUT2D eigenvalue weighted by atomic mass is 9.80. The molecule has 1 aromatic carbocycles. The van der Waals surface area contributed by atoms with Gasteiger partial charge in [-0.2, -0.15) is 0 Å². The number of rotatable bonds is 6. The lowest BCUT2D eigenvalue weighted by Crippen LogP contribution is -2.46. The SMILES string of the molecule is COc1c(C)cc(NCC2(OC=O)CCC2)c(C)c1C. The molecule has 0 atom stereocenters. The number of benzene rings is 1. The zero-order chi connectivity index (χ0) is 14.8. The number of aryl methyl sites for hydroxylation is 1. The molecule has 0 unspecified atom stereocenters. The van der Waals surface area contributed by atoms with Gasteiger partial charge in [0.1, 0.15) is 11.4 Å². The molecular weight excluding hydrogens is 254 g/mol. The van der Waals surface area contributed by atoms with Gasteiger partial charge in [0, 0.05) is 5.69 Å². The van der Waals surface area contributed by atoms with Crippen molar-refractivity contribution in [3.8, 4) is 5.75 Å². The van der Waals surface area contributed by atoms with Crippen LogP contribution in [0.15, 0.2) is 6.07 Å². The molecule has 1 saturated carbocycles. The molecular formula is C16H23NO3. The van der Waals surface area contributed by atoms with Gasteiger partial charge >= 0.3 is 0 Å². The third-order valence-corrected chi connectivity index (χ3v) is 4.39. The first-order chi connectivity index (χ1) is 9.53. The summed E-state index contributed by atoms with van der Waals surface area (Å²) in [5.41, 5.74) is 4.20. The van der Waals surface area contributed by atoms with Crippen molar-refractivity contribution in [3.63, 3.8) is 0 Å². The standard InChI is InChI=1S/C16H23NO3/c1-11-8-14(12(2)13(3)15(11)19-4)17-9-16(20-10-18)6-5-7-16/h8,10,17H,5-7,9H2,1-4H3. The molecule has 0 heterocycles. The van der Waals surface area contributed by atoms with Crippen molar-refractivity contribution < 1.29 is 14.3 Å². The monoisotopic (exact) mass is 277 g/mol. The fourth-order valence-corrected chi connectivity index (χ4v) is 2.82.